The van der Waals surface area contributed by atoms with Crippen LogP contribution in [0.4, 0.5) is 0 Å². The summed E-state index contributed by atoms with van der Waals surface area (Å²) in [5.74, 6) is 0. The summed E-state index contributed by atoms with van der Waals surface area (Å²) in [5.41, 5.74) is 0.642. The highest BCUT2D eigenvalue weighted by atomic mass is 35.5. The summed E-state index contributed by atoms with van der Waals surface area (Å²) in [7, 11) is -3.58. The number of aliphatic hydroxyl groups excluding tert-OH is 1. The Kier molecular flexibility index (Phi) is 5.21. The minimum absolute atomic E-state index is 0.398. The molecule has 1 aromatic rings. The van der Waals surface area contributed by atoms with E-state index in [-0.39, 0.29) is 0 Å². The van der Waals surface area contributed by atoms with E-state index in [4.69, 9.17) is 11.6 Å². The molecule has 20 heavy (non-hydrogen) atoms. The maximum Gasteiger partial charge on any atom is 0.234 e. The molecule has 0 heterocycles. The summed E-state index contributed by atoms with van der Waals surface area (Å²) < 4.78 is 26.5. The van der Waals surface area contributed by atoms with Gasteiger partial charge in [-0.2, -0.15) is 0 Å². The van der Waals surface area contributed by atoms with Crippen LogP contribution >= 0.6 is 11.6 Å². The molecule has 0 aliphatic heterocycles. The van der Waals surface area contributed by atoms with Crippen molar-refractivity contribution in [2.24, 2.45) is 0 Å². The second-order valence-electron chi connectivity index (χ2n) is 4.95. The van der Waals surface area contributed by atoms with E-state index < -0.39 is 22.2 Å². The molecule has 6 heteroatoms. The van der Waals surface area contributed by atoms with E-state index in [1.54, 1.807) is 24.3 Å². The topological polar surface area (TPSA) is 66.4 Å². The maximum atomic E-state index is 12.0. The average molecular weight is 316 g/mol. The van der Waals surface area contributed by atoms with E-state index in [1.807, 2.05) is 0 Å². The van der Waals surface area contributed by atoms with Crippen LogP contribution < -0.4 is 4.72 Å². The number of halogens is 1. The molecular formula is C14H18ClNO3S. The first kappa shape index (κ1) is 15.5. The molecule has 1 aliphatic carbocycles. The Morgan fingerprint density at radius 2 is 1.95 bits per heavy atom. The number of benzene rings is 1. The fourth-order valence-electron chi connectivity index (χ4n) is 2.27. The molecule has 0 spiro atoms. The molecule has 1 saturated carbocycles. The fourth-order valence-corrected chi connectivity index (χ4v) is 3.57. The molecule has 2 atom stereocenters. The van der Waals surface area contributed by atoms with Gasteiger partial charge in [0.15, 0.2) is 0 Å². The molecule has 0 saturated heterocycles. The van der Waals surface area contributed by atoms with Gasteiger partial charge in [-0.25, -0.2) is 13.1 Å². The molecule has 2 N–H and O–H groups in total. The van der Waals surface area contributed by atoms with Gasteiger partial charge in [-0.3, -0.25) is 0 Å². The predicted molar refractivity (Wildman–Crippen MR) is 80.8 cm³/mol. The first-order valence-electron chi connectivity index (χ1n) is 6.61. The molecule has 2 unspecified atom stereocenters. The van der Waals surface area contributed by atoms with Crippen molar-refractivity contribution in [1.82, 2.24) is 4.72 Å². The Morgan fingerprint density at radius 3 is 2.65 bits per heavy atom. The Labute approximate surface area is 124 Å². The van der Waals surface area contributed by atoms with Crippen LogP contribution in [0, 0.1) is 0 Å². The molecule has 0 amide bonds. The van der Waals surface area contributed by atoms with Gasteiger partial charge in [0, 0.05) is 16.5 Å². The summed E-state index contributed by atoms with van der Waals surface area (Å²) in [6, 6.07) is 6.61. The molecule has 0 radical (unpaired) electrons. The van der Waals surface area contributed by atoms with Crippen molar-refractivity contribution in [3.8, 4) is 0 Å². The summed E-state index contributed by atoms with van der Waals surface area (Å²) in [6.45, 7) is 0. The van der Waals surface area contributed by atoms with E-state index in [0.717, 1.165) is 18.2 Å². The summed E-state index contributed by atoms with van der Waals surface area (Å²) in [6.07, 6.45) is 4.03. The van der Waals surface area contributed by atoms with Crippen molar-refractivity contribution in [2.75, 3.05) is 0 Å². The SMILES string of the molecule is O=S(=O)(/C=C/c1ccccc1Cl)NC1CCCCC1O. The van der Waals surface area contributed by atoms with Crippen LogP contribution in [0.3, 0.4) is 0 Å². The number of aliphatic hydroxyl groups is 1. The number of rotatable bonds is 4. The lowest BCUT2D eigenvalue weighted by Gasteiger charge is -2.27. The Bertz CT molecular complexity index is 586. The van der Waals surface area contributed by atoms with Crippen LogP contribution in [-0.2, 0) is 10.0 Å². The van der Waals surface area contributed by atoms with Crippen LogP contribution in [0.25, 0.3) is 6.08 Å². The summed E-state index contributed by atoms with van der Waals surface area (Å²) in [5, 5.41) is 11.4. The number of nitrogens with one attached hydrogen (secondary N) is 1. The van der Waals surface area contributed by atoms with Gasteiger partial charge in [0.05, 0.1) is 6.10 Å². The molecule has 0 bridgehead atoms. The zero-order chi connectivity index (χ0) is 14.6. The fraction of sp³-hybridized carbons (Fsp3) is 0.429. The van der Waals surface area contributed by atoms with E-state index in [1.165, 1.54) is 6.08 Å². The highest BCUT2D eigenvalue weighted by Gasteiger charge is 2.26. The van der Waals surface area contributed by atoms with Crippen molar-refractivity contribution in [2.45, 2.75) is 37.8 Å². The van der Waals surface area contributed by atoms with Crippen LogP contribution in [0.5, 0.6) is 0 Å². The zero-order valence-corrected chi connectivity index (χ0v) is 12.6. The monoisotopic (exact) mass is 315 g/mol. The zero-order valence-electron chi connectivity index (χ0n) is 11.0. The maximum absolute atomic E-state index is 12.0. The Balaban J connectivity index is 2.05. The first-order valence-corrected chi connectivity index (χ1v) is 8.53. The largest absolute Gasteiger partial charge is 0.391 e. The molecule has 1 aromatic carbocycles. The minimum atomic E-state index is -3.58. The van der Waals surface area contributed by atoms with Gasteiger partial charge in [0.1, 0.15) is 0 Å². The van der Waals surface area contributed by atoms with Crippen molar-refractivity contribution >= 4 is 27.7 Å². The number of hydrogen-bond acceptors (Lipinski definition) is 3. The van der Waals surface area contributed by atoms with Gasteiger partial charge < -0.3 is 5.11 Å². The van der Waals surface area contributed by atoms with Gasteiger partial charge in [-0.05, 0) is 30.5 Å². The number of hydrogen-bond donors (Lipinski definition) is 2. The average Bonchev–Trinajstić information content (AvgIpc) is 2.40. The third-order valence-electron chi connectivity index (χ3n) is 3.38. The van der Waals surface area contributed by atoms with E-state index in [9.17, 15) is 13.5 Å². The van der Waals surface area contributed by atoms with Crippen molar-refractivity contribution in [3.05, 3.63) is 40.3 Å². The second kappa shape index (κ2) is 6.72. The van der Waals surface area contributed by atoms with Crippen LogP contribution in [-0.4, -0.2) is 25.7 Å². The van der Waals surface area contributed by atoms with Gasteiger partial charge in [-0.15, -0.1) is 0 Å². The molecule has 110 valence electrons. The number of sulfonamides is 1. The Hall–Kier alpha value is -0.880. The molecular weight excluding hydrogens is 298 g/mol. The third-order valence-corrected chi connectivity index (χ3v) is 4.85. The lowest BCUT2D eigenvalue weighted by atomic mass is 9.93. The highest BCUT2D eigenvalue weighted by molar-refractivity contribution is 7.92. The van der Waals surface area contributed by atoms with Gasteiger partial charge in [-0.1, -0.05) is 42.6 Å². The van der Waals surface area contributed by atoms with Crippen LogP contribution in [0.2, 0.25) is 5.02 Å². The molecule has 1 aliphatic rings. The van der Waals surface area contributed by atoms with Crippen LogP contribution in [0.1, 0.15) is 31.2 Å². The molecule has 0 aromatic heterocycles. The Morgan fingerprint density at radius 1 is 1.25 bits per heavy atom. The quantitative estimate of drug-likeness (QED) is 0.897. The standard InChI is InChI=1S/C14H18ClNO3S/c15-12-6-2-1-5-11(12)9-10-20(18,19)16-13-7-3-4-8-14(13)17/h1-2,5-6,9-10,13-14,16-17H,3-4,7-8H2/b10-9+. The van der Waals surface area contributed by atoms with Gasteiger partial charge in [0.25, 0.3) is 0 Å². The highest BCUT2D eigenvalue weighted by Crippen LogP contribution is 2.20. The lowest BCUT2D eigenvalue weighted by molar-refractivity contribution is 0.101. The molecule has 2 rings (SSSR count). The summed E-state index contributed by atoms with van der Waals surface area (Å²) in [4.78, 5) is 0. The van der Waals surface area contributed by atoms with Gasteiger partial charge in [0.2, 0.25) is 10.0 Å². The normalized spacial score (nSPS) is 24.1. The van der Waals surface area contributed by atoms with Crippen molar-refractivity contribution in [1.29, 1.82) is 0 Å². The summed E-state index contributed by atoms with van der Waals surface area (Å²) >= 11 is 5.96. The minimum Gasteiger partial charge on any atom is -0.391 e. The second-order valence-corrected chi connectivity index (χ2v) is 6.95. The molecule has 4 nitrogen and oxygen atoms in total. The van der Waals surface area contributed by atoms with E-state index in [2.05, 4.69) is 4.72 Å². The van der Waals surface area contributed by atoms with E-state index >= 15 is 0 Å². The van der Waals surface area contributed by atoms with E-state index in [0.29, 0.717) is 23.4 Å². The van der Waals surface area contributed by atoms with Crippen molar-refractivity contribution < 1.29 is 13.5 Å². The third kappa shape index (κ3) is 4.31. The van der Waals surface area contributed by atoms with Gasteiger partial charge >= 0.3 is 0 Å². The van der Waals surface area contributed by atoms with Crippen molar-refractivity contribution in [3.63, 3.8) is 0 Å². The lowest BCUT2D eigenvalue weighted by Crippen LogP contribution is -2.44. The predicted octanol–water partition coefficient (Wildman–Crippen LogP) is 2.53. The smallest absolute Gasteiger partial charge is 0.234 e. The van der Waals surface area contributed by atoms with Crippen LogP contribution in [0.15, 0.2) is 29.7 Å². The first-order chi connectivity index (χ1) is 9.48. The molecule has 1 fully saturated rings.